The van der Waals surface area contributed by atoms with Gasteiger partial charge in [0.2, 0.25) is 0 Å². The molecule has 0 saturated heterocycles. The number of benzene rings is 3. The van der Waals surface area contributed by atoms with E-state index >= 15 is 0 Å². The van der Waals surface area contributed by atoms with Crippen molar-refractivity contribution in [3.63, 3.8) is 0 Å². The first-order valence-corrected chi connectivity index (χ1v) is 17.1. The Hall–Kier alpha value is -1.61. The van der Waals surface area contributed by atoms with Gasteiger partial charge in [-0.05, 0) is 0 Å². The van der Waals surface area contributed by atoms with Crippen molar-refractivity contribution in [3.8, 4) is 5.75 Å². The first kappa shape index (κ1) is 28.5. The molecule has 0 amide bonds. The summed E-state index contributed by atoms with van der Waals surface area (Å²) in [5.41, 5.74) is 8.98. The maximum absolute atomic E-state index is 7.17. The molecule has 214 valence electrons. The standard InChI is InChI=1S/C34H41Cl2O3P/c1-31(2,3)23-12-10-21-19-37-40(30(35)36)34(26(21)16-23,28-18-25(33(7,8)9)14-15-29(28)39-40)27-17-24(32(4,5)6)13-11-22(27)20-38-40/h10-18,30H,19-20H2,1-9H3. The number of hydrogen-bond donors (Lipinski definition) is 0. The van der Waals surface area contributed by atoms with Gasteiger partial charge in [-0.15, -0.1) is 0 Å². The summed E-state index contributed by atoms with van der Waals surface area (Å²) in [6, 6.07) is 20.1. The Balaban J connectivity index is 1.86. The van der Waals surface area contributed by atoms with Crippen LogP contribution >= 0.6 is 30.5 Å². The first-order valence-electron chi connectivity index (χ1n) is 14.2. The van der Waals surface area contributed by atoms with Gasteiger partial charge in [0, 0.05) is 0 Å². The van der Waals surface area contributed by atoms with Gasteiger partial charge in [-0.1, -0.05) is 0 Å². The molecule has 0 fully saturated rings. The van der Waals surface area contributed by atoms with Crippen molar-refractivity contribution < 1.29 is 13.6 Å². The van der Waals surface area contributed by atoms with E-state index in [1.165, 1.54) is 16.7 Å². The molecule has 3 heterocycles. The molecule has 6 rings (SSSR count). The molecule has 40 heavy (non-hydrogen) atoms. The van der Waals surface area contributed by atoms with Crippen LogP contribution in [0.5, 0.6) is 5.75 Å². The summed E-state index contributed by atoms with van der Waals surface area (Å²) in [5.74, 6) is 0.736. The van der Waals surface area contributed by atoms with E-state index in [1.54, 1.807) is 0 Å². The topological polar surface area (TPSA) is 27.7 Å². The third-order valence-electron chi connectivity index (χ3n) is 9.11. The van der Waals surface area contributed by atoms with E-state index in [0.717, 1.165) is 33.6 Å². The first-order chi connectivity index (χ1) is 18.4. The summed E-state index contributed by atoms with van der Waals surface area (Å²) >= 11 is 14.3. The zero-order valence-corrected chi connectivity index (χ0v) is 27.5. The van der Waals surface area contributed by atoms with E-state index in [9.17, 15) is 0 Å². The molecule has 0 bridgehead atoms. The predicted octanol–water partition coefficient (Wildman–Crippen LogP) is 10.4. The van der Waals surface area contributed by atoms with Gasteiger partial charge in [-0.3, -0.25) is 0 Å². The Morgan fingerprint density at radius 1 is 0.625 bits per heavy atom. The summed E-state index contributed by atoms with van der Waals surface area (Å²) < 4.78 is 20.1. The number of hydrogen-bond acceptors (Lipinski definition) is 3. The van der Waals surface area contributed by atoms with Gasteiger partial charge in [0.05, 0.1) is 0 Å². The Morgan fingerprint density at radius 2 is 1.02 bits per heavy atom. The molecule has 0 unspecified atom stereocenters. The average molecular weight is 600 g/mol. The fraction of sp³-hybridized carbons (Fsp3) is 0.471. The number of alkyl halides is 2. The minimum atomic E-state index is -4.36. The van der Waals surface area contributed by atoms with Gasteiger partial charge in [0.25, 0.3) is 0 Å². The third kappa shape index (κ3) is 3.54. The summed E-state index contributed by atoms with van der Waals surface area (Å²) in [7, 11) is -4.36. The van der Waals surface area contributed by atoms with Crippen molar-refractivity contribution in [3.05, 3.63) is 99.1 Å². The Bertz CT molecular complexity index is 1470. The summed E-state index contributed by atoms with van der Waals surface area (Å²) in [6.07, 6.45) is 0. The maximum atomic E-state index is 7.17. The molecular weight excluding hydrogens is 558 g/mol. The van der Waals surface area contributed by atoms with Crippen LogP contribution in [0.4, 0.5) is 0 Å². The number of rotatable bonds is 1. The molecule has 0 aromatic heterocycles. The van der Waals surface area contributed by atoms with Crippen LogP contribution in [0.1, 0.15) is 107 Å². The van der Waals surface area contributed by atoms with Crippen LogP contribution < -0.4 is 4.52 Å². The monoisotopic (exact) mass is 598 g/mol. The Kier molecular flexibility index (Phi) is 6.05. The Morgan fingerprint density at radius 3 is 1.43 bits per heavy atom. The van der Waals surface area contributed by atoms with Crippen molar-refractivity contribution in [1.82, 2.24) is 0 Å². The second-order valence-electron chi connectivity index (χ2n) is 14.8. The van der Waals surface area contributed by atoms with Crippen LogP contribution in [-0.2, 0) is 43.7 Å². The number of fused-ring (bicyclic) bond motifs is 3. The van der Waals surface area contributed by atoms with Crippen molar-refractivity contribution in [1.29, 1.82) is 0 Å². The van der Waals surface area contributed by atoms with E-state index in [1.807, 2.05) is 0 Å². The van der Waals surface area contributed by atoms with Gasteiger partial charge >= 0.3 is 250 Å². The molecule has 0 spiro atoms. The summed E-state index contributed by atoms with van der Waals surface area (Å²) in [6.45, 7) is 20.8. The molecule has 0 atom stereocenters. The second kappa shape index (κ2) is 8.48. The van der Waals surface area contributed by atoms with Gasteiger partial charge < -0.3 is 0 Å². The van der Waals surface area contributed by atoms with E-state index in [-0.39, 0.29) is 16.2 Å². The van der Waals surface area contributed by atoms with Crippen molar-refractivity contribution in [2.75, 3.05) is 0 Å². The fourth-order valence-electron chi connectivity index (χ4n) is 6.68. The fourth-order valence-corrected chi connectivity index (χ4v) is 13.0. The quantitative estimate of drug-likeness (QED) is 0.206. The van der Waals surface area contributed by atoms with Crippen LogP contribution in [0.15, 0.2) is 54.6 Å². The molecule has 0 saturated carbocycles. The van der Waals surface area contributed by atoms with Gasteiger partial charge in [-0.2, -0.15) is 0 Å². The molecule has 0 aliphatic carbocycles. The zero-order chi connectivity index (χ0) is 29.1. The summed E-state index contributed by atoms with van der Waals surface area (Å²) in [4.78, 5) is 0. The van der Waals surface area contributed by atoms with Crippen LogP contribution in [0.3, 0.4) is 0 Å². The summed E-state index contributed by atoms with van der Waals surface area (Å²) in [5, 5.41) is -0.944. The van der Waals surface area contributed by atoms with Crippen LogP contribution in [-0.4, -0.2) is 4.58 Å². The second-order valence-corrected chi connectivity index (χ2v) is 20.3. The molecule has 3 aromatic carbocycles. The predicted molar refractivity (Wildman–Crippen MR) is 168 cm³/mol. The van der Waals surface area contributed by atoms with Crippen LogP contribution in [0.25, 0.3) is 0 Å². The van der Waals surface area contributed by atoms with E-state index in [2.05, 4.69) is 117 Å². The molecule has 3 aliphatic rings. The van der Waals surface area contributed by atoms with Crippen LogP contribution in [0.2, 0.25) is 0 Å². The van der Waals surface area contributed by atoms with Crippen molar-refractivity contribution in [2.24, 2.45) is 0 Å². The van der Waals surface area contributed by atoms with Crippen molar-refractivity contribution >= 4 is 30.5 Å². The zero-order valence-electron chi connectivity index (χ0n) is 25.1. The van der Waals surface area contributed by atoms with Gasteiger partial charge in [0.1, 0.15) is 0 Å². The normalized spacial score (nSPS) is 23.6. The molecule has 0 radical (unpaired) electrons. The van der Waals surface area contributed by atoms with Gasteiger partial charge in [-0.25, -0.2) is 0 Å². The number of halogens is 2. The molecule has 3 aliphatic heterocycles. The molecule has 0 N–H and O–H groups in total. The van der Waals surface area contributed by atoms with Crippen molar-refractivity contribution in [2.45, 2.75) is 102 Å². The molecule has 3 aromatic rings. The minimum absolute atomic E-state index is 0.0666. The molecule has 6 heteroatoms. The molecular formula is C34H41Cl2O3P. The van der Waals surface area contributed by atoms with E-state index in [4.69, 9.17) is 36.8 Å². The Labute approximate surface area is 249 Å². The average Bonchev–Trinajstić information content (AvgIpc) is 3.16. The van der Waals surface area contributed by atoms with Gasteiger partial charge in [0.15, 0.2) is 0 Å². The van der Waals surface area contributed by atoms with E-state index in [0.29, 0.717) is 13.2 Å². The SMILES string of the molecule is CC(C)(C)c1ccc2c(c1)C13c4cc(C(C)(C)C)ccc4COP1(C(Cl)Cl)(OC2)Oc1ccc(C(C)(C)C)cc13. The molecule has 3 nitrogen and oxygen atoms in total. The third-order valence-corrected chi connectivity index (χ3v) is 15.5. The van der Waals surface area contributed by atoms with Crippen LogP contribution in [0, 0.1) is 0 Å². The van der Waals surface area contributed by atoms with E-state index < -0.39 is 17.0 Å².